The molecule has 0 spiro atoms. The van der Waals surface area contributed by atoms with Gasteiger partial charge in [0.15, 0.2) is 0 Å². The number of benzene rings is 1. The highest BCUT2D eigenvalue weighted by Crippen LogP contribution is 2.28. The molecular formula is C17H15FN2O. The van der Waals surface area contributed by atoms with Gasteiger partial charge in [-0.1, -0.05) is 18.2 Å². The van der Waals surface area contributed by atoms with Crippen LogP contribution >= 0.6 is 0 Å². The maximum absolute atomic E-state index is 13.3. The quantitative estimate of drug-likeness (QED) is 0.802. The molecule has 0 aliphatic rings. The molecule has 4 heteroatoms. The number of pyridine rings is 2. The second-order valence-electron chi connectivity index (χ2n) is 5.33. The molecule has 0 aliphatic heterocycles. The van der Waals surface area contributed by atoms with Crippen LogP contribution in [0, 0.1) is 5.82 Å². The zero-order chi connectivity index (χ0) is 14.9. The fourth-order valence-corrected chi connectivity index (χ4v) is 2.49. The molecule has 2 aromatic heterocycles. The molecule has 0 aliphatic carbocycles. The zero-order valence-corrected chi connectivity index (χ0v) is 11.6. The number of hydrogen-bond donors (Lipinski definition) is 1. The number of nitrogens with zero attached hydrogens (tertiary/aromatic N) is 2. The Kier molecular flexibility index (Phi) is 3.39. The van der Waals surface area contributed by atoms with E-state index in [0.717, 1.165) is 22.7 Å². The summed E-state index contributed by atoms with van der Waals surface area (Å²) in [7, 11) is 0. The topological polar surface area (TPSA) is 46.0 Å². The summed E-state index contributed by atoms with van der Waals surface area (Å²) in [4.78, 5) is 8.11. The Morgan fingerprint density at radius 3 is 2.81 bits per heavy atom. The maximum atomic E-state index is 13.3. The fraction of sp³-hybridized carbons (Fsp3) is 0.176. The van der Waals surface area contributed by atoms with E-state index in [9.17, 15) is 9.50 Å². The van der Waals surface area contributed by atoms with Crippen LogP contribution in [-0.2, 0) is 12.0 Å². The molecular weight excluding hydrogens is 267 g/mol. The largest absolute Gasteiger partial charge is 0.385 e. The third-order valence-electron chi connectivity index (χ3n) is 3.60. The van der Waals surface area contributed by atoms with E-state index in [1.807, 2.05) is 30.3 Å². The molecule has 1 atom stereocenters. The number of para-hydroxylation sites is 1. The summed E-state index contributed by atoms with van der Waals surface area (Å²) in [6.45, 7) is 1.67. The van der Waals surface area contributed by atoms with Crippen LogP contribution in [0.5, 0.6) is 0 Å². The number of halogens is 1. The van der Waals surface area contributed by atoms with Crippen LogP contribution in [0.1, 0.15) is 18.1 Å². The first kappa shape index (κ1) is 13.6. The minimum atomic E-state index is -1.20. The normalized spacial score (nSPS) is 14.0. The predicted octanol–water partition coefficient (Wildman–Crippen LogP) is 3.22. The zero-order valence-electron chi connectivity index (χ0n) is 11.6. The van der Waals surface area contributed by atoms with Crippen LogP contribution in [0.4, 0.5) is 4.39 Å². The van der Waals surface area contributed by atoms with E-state index in [0.29, 0.717) is 12.0 Å². The fourth-order valence-electron chi connectivity index (χ4n) is 2.49. The van der Waals surface area contributed by atoms with Crippen LogP contribution in [0.2, 0.25) is 0 Å². The van der Waals surface area contributed by atoms with E-state index in [-0.39, 0.29) is 0 Å². The van der Waals surface area contributed by atoms with E-state index in [2.05, 4.69) is 9.97 Å². The summed E-state index contributed by atoms with van der Waals surface area (Å²) in [6, 6.07) is 11.0. The number of hydrogen-bond acceptors (Lipinski definition) is 3. The van der Waals surface area contributed by atoms with Crippen molar-refractivity contribution in [1.82, 2.24) is 9.97 Å². The van der Waals surface area contributed by atoms with Gasteiger partial charge in [0, 0.05) is 29.8 Å². The average Bonchev–Trinajstić information content (AvgIpc) is 2.47. The molecule has 2 heterocycles. The Bertz CT molecular complexity index is 781. The summed E-state index contributed by atoms with van der Waals surface area (Å²) in [5.74, 6) is -0.452. The first-order valence-corrected chi connectivity index (χ1v) is 6.72. The summed E-state index contributed by atoms with van der Waals surface area (Å²) in [5, 5.41) is 11.7. The van der Waals surface area contributed by atoms with Gasteiger partial charge in [0.25, 0.3) is 0 Å². The van der Waals surface area contributed by atoms with Crippen LogP contribution in [-0.4, -0.2) is 15.1 Å². The van der Waals surface area contributed by atoms with Gasteiger partial charge in [-0.05, 0) is 30.7 Å². The number of rotatable bonds is 3. The molecule has 0 bridgehead atoms. The van der Waals surface area contributed by atoms with Gasteiger partial charge in [-0.2, -0.15) is 0 Å². The van der Waals surface area contributed by atoms with Crippen molar-refractivity contribution in [1.29, 1.82) is 0 Å². The molecule has 0 radical (unpaired) electrons. The van der Waals surface area contributed by atoms with E-state index in [1.54, 1.807) is 13.1 Å². The van der Waals surface area contributed by atoms with Gasteiger partial charge >= 0.3 is 0 Å². The van der Waals surface area contributed by atoms with Crippen molar-refractivity contribution in [3.63, 3.8) is 0 Å². The second kappa shape index (κ2) is 5.22. The molecule has 106 valence electrons. The van der Waals surface area contributed by atoms with Gasteiger partial charge in [0.1, 0.15) is 5.82 Å². The smallest absolute Gasteiger partial charge is 0.141 e. The lowest BCUT2D eigenvalue weighted by molar-refractivity contribution is 0.0572. The Balaban J connectivity index is 2.01. The molecule has 0 fully saturated rings. The summed E-state index contributed by atoms with van der Waals surface area (Å²) in [6.07, 6.45) is 4.70. The minimum absolute atomic E-state index is 0.362. The molecule has 3 aromatic rings. The Morgan fingerprint density at radius 2 is 2.00 bits per heavy atom. The maximum Gasteiger partial charge on any atom is 0.141 e. The van der Waals surface area contributed by atoms with Crippen molar-refractivity contribution in [2.45, 2.75) is 18.9 Å². The van der Waals surface area contributed by atoms with Gasteiger partial charge in [0.05, 0.1) is 17.3 Å². The lowest BCUT2D eigenvalue weighted by Gasteiger charge is -2.24. The van der Waals surface area contributed by atoms with Crippen molar-refractivity contribution < 1.29 is 9.50 Å². The van der Waals surface area contributed by atoms with Crippen LogP contribution in [0.3, 0.4) is 0 Å². The van der Waals surface area contributed by atoms with Crippen LogP contribution < -0.4 is 0 Å². The predicted molar refractivity (Wildman–Crippen MR) is 79.2 cm³/mol. The first-order chi connectivity index (χ1) is 10.1. The number of aromatic nitrogens is 2. The van der Waals surface area contributed by atoms with Gasteiger partial charge in [-0.25, -0.2) is 4.39 Å². The SMILES string of the molecule is CC(O)(Cc1ccnc2ccccc12)c1cncc(F)c1. The number of aliphatic hydroxyl groups is 1. The monoisotopic (exact) mass is 282 g/mol. The van der Waals surface area contributed by atoms with E-state index >= 15 is 0 Å². The third kappa shape index (κ3) is 2.76. The molecule has 1 unspecified atom stereocenters. The highest BCUT2D eigenvalue weighted by atomic mass is 19.1. The second-order valence-corrected chi connectivity index (χ2v) is 5.33. The molecule has 0 amide bonds. The van der Waals surface area contributed by atoms with E-state index in [1.165, 1.54) is 12.3 Å². The Hall–Kier alpha value is -2.33. The minimum Gasteiger partial charge on any atom is -0.385 e. The first-order valence-electron chi connectivity index (χ1n) is 6.72. The summed E-state index contributed by atoms with van der Waals surface area (Å²) >= 11 is 0. The highest BCUT2D eigenvalue weighted by Gasteiger charge is 2.25. The van der Waals surface area contributed by atoms with Crippen molar-refractivity contribution in [2.24, 2.45) is 0 Å². The van der Waals surface area contributed by atoms with Crippen molar-refractivity contribution in [3.05, 3.63) is 71.9 Å². The standard InChI is InChI=1S/C17H15FN2O/c1-17(21,13-8-14(18)11-19-10-13)9-12-6-7-20-16-5-3-2-4-15(12)16/h2-8,10-11,21H,9H2,1H3. The molecule has 21 heavy (non-hydrogen) atoms. The third-order valence-corrected chi connectivity index (χ3v) is 3.60. The van der Waals surface area contributed by atoms with Gasteiger partial charge in [-0.3, -0.25) is 9.97 Å². The lowest BCUT2D eigenvalue weighted by atomic mass is 9.89. The molecule has 1 aromatic carbocycles. The molecule has 0 saturated carbocycles. The summed E-state index contributed by atoms with van der Waals surface area (Å²) in [5.41, 5.74) is 1.11. The molecule has 0 saturated heterocycles. The van der Waals surface area contributed by atoms with Gasteiger partial charge < -0.3 is 5.11 Å². The van der Waals surface area contributed by atoms with Crippen LogP contribution in [0.15, 0.2) is 55.0 Å². The van der Waals surface area contributed by atoms with Gasteiger partial charge in [-0.15, -0.1) is 0 Å². The molecule has 3 rings (SSSR count). The van der Waals surface area contributed by atoms with Gasteiger partial charge in [0.2, 0.25) is 0 Å². The molecule has 1 N–H and O–H groups in total. The Morgan fingerprint density at radius 1 is 1.19 bits per heavy atom. The van der Waals surface area contributed by atoms with Crippen molar-refractivity contribution in [3.8, 4) is 0 Å². The van der Waals surface area contributed by atoms with Crippen molar-refractivity contribution in [2.75, 3.05) is 0 Å². The van der Waals surface area contributed by atoms with Crippen LogP contribution in [0.25, 0.3) is 10.9 Å². The van der Waals surface area contributed by atoms with E-state index < -0.39 is 11.4 Å². The Labute approximate surface area is 122 Å². The molecule has 3 nitrogen and oxygen atoms in total. The highest BCUT2D eigenvalue weighted by molar-refractivity contribution is 5.81. The number of fused-ring (bicyclic) bond motifs is 1. The summed E-state index contributed by atoms with van der Waals surface area (Å²) < 4.78 is 13.3. The average molecular weight is 282 g/mol. The van der Waals surface area contributed by atoms with Crippen molar-refractivity contribution >= 4 is 10.9 Å². The lowest BCUT2D eigenvalue weighted by Crippen LogP contribution is -2.24. The van der Waals surface area contributed by atoms with E-state index in [4.69, 9.17) is 0 Å².